The number of carbonyl (C=O) groups excluding carboxylic acids is 1. The molecule has 3 rings (SSSR count). The fraction of sp³-hybridized carbons (Fsp3) is 0.462. The van der Waals surface area contributed by atoms with Crippen LogP contribution < -0.4 is 0 Å². The van der Waals surface area contributed by atoms with Crippen LogP contribution in [0.2, 0.25) is 0 Å². The standard InChI is InChI=1S/C13H16N4O2/c1-2-10-8-19-7-6-17(10)13(18)11-4-3-5-16-9-14-15-12(11)16/h3-5,9-10H,2,6-8H2,1H3. The van der Waals surface area contributed by atoms with Crippen LogP contribution in [0.5, 0.6) is 0 Å². The van der Waals surface area contributed by atoms with Gasteiger partial charge in [-0.15, -0.1) is 10.2 Å². The quantitative estimate of drug-likeness (QED) is 0.807. The zero-order chi connectivity index (χ0) is 13.2. The van der Waals surface area contributed by atoms with E-state index in [-0.39, 0.29) is 11.9 Å². The molecule has 19 heavy (non-hydrogen) atoms. The lowest BCUT2D eigenvalue weighted by atomic mass is 10.1. The van der Waals surface area contributed by atoms with Gasteiger partial charge in [0, 0.05) is 12.7 Å². The Morgan fingerprint density at radius 2 is 2.47 bits per heavy atom. The number of fused-ring (bicyclic) bond motifs is 1. The third kappa shape index (κ3) is 2.08. The first-order valence-corrected chi connectivity index (χ1v) is 6.48. The highest BCUT2D eigenvalue weighted by Gasteiger charge is 2.28. The number of nitrogens with zero attached hydrogens (tertiary/aromatic N) is 4. The fourth-order valence-corrected chi connectivity index (χ4v) is 2.43. The molecule has 1 fully saturated rings. The molecule has 2 aromatic heterocycles. The summed E-state index contributed by atoms with van der Waals surface area (Å²) >= 11 is 0. The average molecular weight is 260 g/mol. The molecule has 1 saturated heterocycles. The summed E-state index contributed by atoms with van der Waals surface area (Å²) in [6, 6.07) is 3.78. The van der Waals surface area contributed by atoms with Crippen molar-refractivity contribution in [2.24, 2.45) is 0 Å². The zero-order valence-corrected chi connectivity index (χ0v) is 10.8. The minimum Gasteiger partial charge on any atom is -0.377 e. The second-order valence-corrected chi connectivity index (χ2v) is 4.62. The van der Waals surface area contributed by atoms with Crippen molar-refractivity contribution in [3.63, 3.8) is 0 Å². The van der Waals surface area contributed by atoms with Crippen molar-refractivity contribution in [2.45, 2.75) is 19.4 Å². The number of amides is 1. The molecule has 6 heteroatoms. The highest BCUT2D eigenvalue weighted by molar-refractivity contribution is 5.99. The van der Waals surface area contributed by atoms with Crippen LogP contribution in [0.15, 0.2) is 24.7 Å². The largest absolute Gasteiger partial charge is 0.377 e. The number of hydrogen-bond donors (Lipinski definition) is 0. The molecular formula is C13H16N4O2. The van der Waals surface area contributed by atoms with Gasteiger partial charge in [-0.25, -0.2) is 0 Å². The molecule has 3 heterocycles. The summed E-state index contributed by atoms with van der Waals surface area (Å²) < 4.78 is 7.19. The lowest BCUT2D eigenvalue weighted by Crippen LogP contribution is -2.48. The summed E-state index contributed by atoms with van der Waals surface area (Å²) in [6.07, 6.45) is 4.33. The molecule has 1 aliphatic heterocycles. The van der Waals surface area contributed by atoms with Crippen molar-refractivity contribution in [1.29, 1.82) is 0 Å². The maximum Gasteiger partial charge on any atom is 0.258 e. The van der Waals surface area contributed by atoms with Crippen molar-refractivity contribution < 1.29 is 9.53 Å². The molecule has 100 valence electrons. The smallest absolute Gasteiger partial charge is 0.258 e. The predicted molar refractivity (Wildman–Crippen MR) is 68.9 cm³/mol. The van der Waals surface area contributed by atoms with Crippen LogP contribution in [0.25, 0.3) is 5.65 Å². The van der Waals surface area contributed by atoms with Gasteiger partial charge in [-0.3, -0.25) is 9.20 Å². The van der Waals surface area contributed by atoms with E-state index in [0.29, 0.717) is 31.0 Å². The molecule has 1 atom stereocenters. The molecule has 0 saturated carbocycles. The molecule has 0 aromatic carbocycles. The van der Waals surface area contributed by atoms with Crippen LogP contribution in [0, 0.1) is 0 Å². The van der Waals surface area contributed by atoms with Gasteiger partial charge in [-0.1, -0.05) is 6.92 Å². The Bertz CT molecular complexity index is 595. The van der Waals surface area contributed by atoms with E-state index in [0.717, 1.165) is 6.42 Å². The van der Waals surface area contributed by atoms with Crippen LogP contribution in [-0.2, 0) is 4.74 Å². The summed E-state index contributed by atoms with van der Waals surface area (Å²) in [5, 5.41) is 7.87. The highest BCUT2D eigenvalue weighted by atomic mass is 16.5. The van der Waals surface area contributed by atoms with Crippen LogP contribution >= 0.6 is 0 Å². The van der Waals surface area contributed by atoms with E-state index in [1.165, 1.54) is 0 Å². The van der Waals surface area contributed by atoms with Crippen molar-refractivity contribution in [3.8, 4) is 0 Å². The van der Waals surface area contributed by atoms with Gasteiger partial charge in [-0.05, 0) is 18.6 Å². The molecule has 0 spiro atoms. The lowest BCUT2D eigenvalue weighted by Gasteiger charge is -2.35. The zero-order valence-electron chi connectivity index (χ0n) is 10.8. The van der Waals surface area contributed by atoms with E-state index in [9.17, 15) is 4.79 Å². The number of carbonyl (C=O) groups is 1. The van der Waals surface area contributed by atoms with Gasteiger partial charge >= 0.3 is 0 Å². The molecule has 6 nitrogen and oxygen atoms in total. The van der Waals surface area contributed by atoms with E-state index in [2.05, 4.69) is 17.1 Å². The average Bonchev–Trinajstić information content (AvgIpc) is 2.94. The second kappa shape index (κ2) is 4.97. The van der Waals surface area contributed by atoms with E-state index in [1.807, 2.05) is 17.2 Å². The van der Waals surface area contributed by atoms with Crippen molar-refractivity contribution in [1.82, 2.24) is 19.5 Å². The summed E-state index contributed by atoms with van der Waals surface area (Å²) in [5.74, 6) is 0.00810. The Kier molecular flexibility index (Phi) is 3.16. The van der Waals surface area contributed by atoms with Crippen molar-refractivity contribution >= 4 is 11.6 Å². The van der Waals surface area contributed by atoms with E-state index >= 15 is 0 Å². The molecule has 0 bridgehead atoms. The number of morpholine rings is 1. The summed E-state index contributed by atoms with van der Waals surface area (Å²) in [7, 11) is 0. The van der Waals surface area contributed by atoms with E-state index in [4.69, 9.17) is 4.74 Å². The van der Waals surface area contributed by atoms with Crippen LogP contribution in [-0.4, -0.2) is 51.2 Å². The minimum absolute atomic E-state index is 0.00810. The Labute approximate surface area is 111 Å². The third-order valence-electron chi connectivity index (χ3n) is 3.51. The van der Waals surface area contributed by atoms with Crippen LogP contribution in [0.3, 0.4) is 0 Å². The van der Waals surface area contributed by atoms with Crippen molar-refractivity contribution in [3.05, 3.63) is 30.2 Å². The van der Waals surface area contributed by atoms with Crippen LogP contribution in [0.4, 0.5) is 0 Å². The molecule has 2 aromatic rings. The Balaban J connectivity index is 1.96. The normalized spacial score (nSPS) is 19.8. The molecular weight excluding hydrogens is 244 g/mol. The van der Waals surface area contributed by atoms with E-state index < -0.39 is 0 Å². The van der Waals surface area contributed by atoms with Crippen LogP contribution in [0.1, 0.15) is 23.7 Å². The highest BCUT2D eigenvalue weighted by Crippen LogP contribution is 2.17. The van der Waals surface area contributed by atoms with Gasteiger partial charge in [-0.2, -0.15) is 0 Å². The lowest BCUT2D eigenvalue weighted by molar-refractivity contribution is -0.00272. The number of rotatable bonds is 2. The summed E-state index contributed by atoms with van der Waals surface area (Å²) in [6.45, 7) is 3.90. The number of hydrogen-bond acceptors (Lipinski definition) is 4. The van der Waals surface area contributed by atoms with Gasteiger partial charge < -0.3 is 9.64 Å². The monoisotopic (exact) mass is 260 g/mol. The molecule has 0 radical (unpaired) electrons. The van der Waals surface area contributed by atoms with Gasteiger partial charge in [0.15, 0.2) is 5.65 Å². The fourth-order valence-electron chi connectivity index (χ4n) is 2.43. The first-order chi connectivity index (χ1) is 9.31. The molecule has 0 aliphatic carbocycles. The minimum atomic E-state index is 0.00810. The Morgan fingerprint density at radius 3 is 3.32 bits per heavy atom. The first-order valence-electron chi connectivity index (χ1n) is 6.48. The molecule has 1 aliphatic rings. The molecule has 0 N–H and O–H groups in total. The number of aromatic nitrogens is 3. The Hall–Kier alpha value is -1.95. The van der Waals surface area contributed by atoms with E-state index in [1.54, 1.807) is 16.8 Å². The van der Waals surface area contributed by atoms with Gasteiger partial charge in [0.25, 0.3) is 5.91 Å². The third-order valence-corrected chi connectivity index (χ3v) is 3.51. The van der Waals surface area contributed by atoms with Gasteiger partial charge in [0.1, 0.15) is 6.33 Å². The first kappa shape index (κ1) is 12.1. The maximum absolute atomic E-state index is 12.7. The Morgan fingerprint density at radius 1 is 1.58 bits per heavy atom. The topological polar surface area (TPSA) is 59.7 Å². The summed E-state index contributed by atoms with van der Waals surface area (Å²) in [4.78, 5) is 14.6. The molecule has 1 unspecified atom stereocenters. The van der Waals surface area contributed by atoms with Crippen molar-refractivity contribution in [2.75, 3.05) is 19.8 Å². The molecule has 1 amide bonds. The number of pyridine rings is 1. The summed E-state index contributed by atoms with van der Waals surface area (Å²) in [5.41, 5.74) is 1.20. The second-order valence-electron chi connectivity index (χ2n) is 4.62. The maximum atomic E-state index is 12.7. The van der Waals surface area contributed by atoms with Gasteiger partial charge in [0.2, 0.25) is 0 Å². The number of ether oxygens (including phenoxy) is 1. The van der Waals surface area contributed by atoms with Gasteiger partial charge in [0.05, 0.1) is 24.8 Å². The SMILES string of the molecule is CCC1COCCN1C(=O)c1cccn2cnnc12. The predicted octanol–water partition coefficient (Wildman–Crippen LogP) is 0.980.